The van der Waals surface area contributed by atoms with Gasteiger partial charge < -0.3 is 20.9 Å². The summed E-state index contributed by atoms with van der Waals surface area (Å²) >= 11 is 0. The molecule has 0 atom stereocenters. The van der Waals surface area contributed by atoms with Crippen LogP contribution < -0.4 is 20.9 Å². The molecular formula is C26H34N4. The van der Waals surface area contributed by atoms with E-state index in [0.717, 1.165) is 40.7 Å². The highest BCUT2D eigenvalue weighted by molar-refractivity contribution is 5.78. The lowest BCUT2D eigenvalue weighted by atomic mass is 10.1. The molecule has 0 bridgehead atoms. The van der Waals surface area contributed by atoms with Gasteiger partial charge in [0.15, 0.2) is 0 Å². The first-order valence-electron chi connectivity index (χ1n) is 10.8. The second kappa shape index (κ2) is 10.1. The van der Waals surface area contributed by atoms with Crippen molar-refractivity contribution in [3.05, 3.63) is 72.8 Å². The van der Waals surface area contributed by atoms with E-state index in [-0.39, 0.29) is 0 Å². The molecule has 158 valence electrons. The molecule has 0 aliphatic carbocycles. The molecule has 0 heterocycles. The van der Waals surface area contributed by atoms with Gasteiger partial charge in [-0.05, 0) is 107 Å². The Morgan fingerprint density at radius 2 is 0.900 bits per heavy atom. The Morgan fingerprint density at radius 1 is 0.567 bits per heavy atom. The predicted molar refractivity (Wildman–Crippen MR) is 133 cm³/mol. The van der Waals surface area contributed by atoms with Crippen LogP contribution in [-0.2, 0) is 0 Å². The maximum atomic E-state index is 3.46. The van der Waals surface area contributed by atoms with Crippen molar-refractivity contribution in [2.75, 3.05) is 27.4 Å². The number of anilines is 6. The van der Waals surface area contributed by atoms with Crippen LogP contribution in [0.15, 0.2) is 72.8 Å². The number of hydrogen-bond donors (Lipinski definition) is 3. The average Bonchev–Trinajstić information content (AvgIpc) is 2.71. The molecular weight excluding hydrogens is 368 g/mol. The fraction of sp³-hybridized carbons (Fsp3) is 0.308. The van der Waals surface area contributed by atoms with E-state index in [1.165, 1.54) is 0 Å². The topological polar surface area (TPSA) is 39.3 Å². The number of benzene rings is 3. The molecule has 0 amide bonds. The predicted octanol–water partition coefficient (Wildman–Crippen LogP) is 7.23. The summed E-state index contributed by atoms with van der Waals surface area (Å²) in [5, 5.41) is 10.3. The number of nitrogens with one attached hydrogen (secondary N) is 3. The molecule has 0 fully saturated rings. The van der Waals surface area contributed by atoms with Crippen LogP contribution in [-0.4, -0.2) is 18.6 Å². The van der Waals surface area contributed by atoms with Crippen molar-refractivity contribution >= 4 is 34.1 Å². The van der Waals surface area contributed by atoms with Crippen LogP contribution in [0, 0.1) is 0 Å². The van der Waals surface area contributed by atoms with E-state index in [2.05, 4.69) is 128 Å². The van der Waals surface area contributed by atoms with Crippen LogP contribution in [0.25, 0.3) is 0 Å². The summed E-state index contributed by atoms with van der Waals surface area (Å²) in [7, 11) is 0. The summed E-state index contributed by atoms with van der Waals surface area (Å²) in [4.78, 5) is 2.29. The molecule has 30 heavy (non-hydrogen) atoms. The van der Waals surface area contributed by atoms with Gasteiger partial charge in [0.05, 0.1) is 0 Å². The van der Waals surface area contributed by atoms with E-state index in [4.69, 9.17) is 0 Å². The molecule has 0 spiro atoms. The van der Waals surface area contributed by atoms with Crippen LogP contribution in [0.4, 0.5) is 34.1 Å². The van der Waals surface area contributed by atoms with Gasteiger partial charge in [0.25, 0.3) is 0 Å². The maximum Gasteiger partial charge on any atom is 0.0463 e. The zero-order valence-electron chi connectivity index (χ0n) is 18.7. The minimum Gasteiger partial charge on any atom is -0.385 e. The summed E-state index contributed by atoms with van der Waals surface area (Å²) in [6.07, 6.45) is 0. The summed E-state index contributed by atoms with van der Waals surface area (Å²) in [6, 6.07) is 26.7. The summed E-state index contributed by atoms with van der Waals surface area (Å²) in [5.74, 6) is 0. The molecule has 0 unspecified atom stereocenters. The lowest BCUT2D eigenvalue weighted by molar-refractivity contribution is 0.900. The van der Waals surface area contributed by atoms with E-state index < -0.39 is 0 Å². The van der Waals surface area contributed by atoms with Gasteiger partial charge in [-0.1, -0.05) is 0 Å². The van der Waals surface area contributed by atoms with Gasteiger partial charge >= 0.3 is 0 Å². The van der Waals surface area contributed by atoms with Crippen molar-refractivity contribution in [2.45, 2.75) is 46.7 Å². The third-order valence-electron chi connectivity index (χ3n) is 4.67. The van der Waals surface area contributed by atoms with Crippen LogP contribution in [0.5, 0.6) is 0 Å². The number of hydrogen-bond acceptors (Lipinski definition) is 4. The van der Waals surface area contributed by atoms with Gasteiger partial charge in [-0.25, -0.2) is 0 Å². The maximum absolute atomic E-state index is 3.46. The first kappa shape index (κ1) is 21.6. The molecule has 4 nitrogen and oxygen atoms in total. The molecule has 0 aliphatic rings. The van der Waals surface area contributed by atoms with Gasteiger partial charge in [-0.2, -0.15) is 0 Å². The second-order valence-electron chi connectivity index (χ2n) is 8.10. The minimum atomic E-state index is 0.409. The highest BCUT2D eigenvalue weighted by Crippen LogP contribution is 2.36. The lowest BCUT2D eigenvalue weighted by Crippen LogP contribution is -2.12. The molecule has 3 aromatic carbocycles. The molecule has 0 saturated heterocycles. The molecule has 0 aromatic heterocycles. The third kappa shape index (κ3) is 5.69. The van der Waals surface area contributed by atoms with Crippen molar-refractivity contribution in [1.29, 1.82) is 0 Å². The molecule has 3 rings (SSSR count). The first-order valence-corrected chi connectivity index (χ1v) is 10.8. The van der Waals surface area contributed by atoms with Gasteiger partial charge in [-0.15, -0.1) is 0 Å². The van der Waals surface area contributed by atoms with Crippen LogP contribution in [0.2, 0.25) is 0 Å². The van der Waals surface area contributed by atoms with E-state index in [1.807, 2.05) is 0 Å². The van der Waals surface area contributed by atoms with Crippen molar-refractivity contribution < 1.29 is 0 Å². The molecule has 0 radical (unpaired) electrons. The standard InChI is InChI=1S/C26H34N4/c1-6-27-21-7-13-24(14-8-21)30(25-15-9-22(10-16-25)28-19(2)3)26-17-11-23(12-18-26)29-20(4)5/h7-20,27-29H,6H2,1-5H3. The SMILES string of the molecule is CCNc1ccc(N(c2ccc(NC(C)C)cc2)c2ccc(NC(C)C)cc2)cc1. The second-order valence-corrected chi connectivity index (χ2v) is 8.10. The Morgan fingerprint density at radius 3 is 1.20 bits per heavy atom. The molecule has 4 heteroatoms. The van der Waals surface area contributed by atoms with Crippen molar-refractivity contribution in [3.63, 3.8) is 0 Å². The van der Waals surface area contributed by atoms with Gasteiger partial charge in [0.2, 0.25) is 0 Å². The van der Waals surface area contributed by atoms with E-state index in [1.54, 1.807) is 0 Å². The fourth-order valence-electron chi connectivity index (χ4n) is 3.46. The Balaban J connectivity index is 1.96. The highest BCUT2D eigenvalue weighted by Gasteiger charge is 2.13. The van der Waals surface area contributed by atoms with Gasteiger partial charge in [-0.3, -0.25) is 0 Å². The van der Waals surface area contributed by atoms with E-state index in [9.17, 15) is 0 Å². The van der Waals surface area contributed by atoms with E-state index >= 15 is 0 Å². The third-order valence-corrected chi connectivity index (χ3v) is 4.67. The quantitative estimate of drug-likeness (QED) is 0.353. The lowest BCUT2D eigenvalue weighted by Gasteiger charge is -2.26. The first-order chi connectivity index (χ1) is 14.5. The summed E-state index contributed by atoms with van der Waals surface area (Å²) < 4.78 is 0. The Labute approximate surface area is 181 Å². The Kier molecular flexibility index (Phi) is 7.23. The largest absolute Gasteiger partial charge is 0.385 e. The van der Waals surface area contributed by atoms with Crippen molar-refractivity contribution in [3.8, 4) is 0 Å². The average molecular weight is 403 g/mol. The van der Waals surface area contributed by atoms with Crippen molar-refractivity contribution in [2.24, 2.45) is 0 Å². The van der Waals surface area contributed by atoms with Crippen molar-refractivity contribution in [1.82, 2.24) is 0 Å². The molecule has 3 N–H and O–H groups in total. The zero-order valence-corrected chi connectivity index (χ0v) is 18.7. The minimum absolute atomic E-state index is 0.409. The zero-order chi connectivity index (χ0) is 21.5. The van der Waals surface area contributed by atoms with Gasteiger partial charge in [0.1, 0.15) is 0 Å². The highest BCUT2D eigenvalue weighted by atomic mass is 15.1. The smallest absolute Gasteiger partial charge is 0.0463 e. The summed E-state index contributed by atoms with van der Waals surface area (Å²) in [5.41, 5.74) is 6.79. The van der Waals surface area contributed by atoms with Crippen LogP contribution in [0.3, 0.4) is 0 Å². The number of nitrogens with zero attached hydrogens (tertiary/aromatic N) is 1. The Hall–Kier alpha value is -3.14. The normalized spacial score (nSPS) is 10.9. The molecule has 0 saturated carbocycles. The molecule has 3 aromatic rings. The van der Waals surface area contributed by atoms with Crippen LogP contribution >= 0.6 is 0 Å². The van der Waals surface area contributed by atoms with Crippen LogP contribution in [0.1, 0.15) is 34.6 Å². The Bertz CT molecular complexity index is 844. The monoisotopic (exact) mass is 402 g/mol. The fourth-order valence-corrected chi connectivity index (χ4v) is 3.46. The molecule has 0 aliphatic heterocycles. The van der Waals surface area contributed by atoms with Gasteiger partial charge in [0, 0.05) is 52.8 Å². The number of rotatable bonds is 9. The van der Waals surface area contributed by atoms with E-state index in [0.29, 0.717) is 12.1 Å². The summed E-state index contributed by atoms with van der Waals surface area (Å²) in [6.45, 7) is 11.6.